The van der Waals surface area contributed by atoms with E-state index in [9.17, 15) is 0 Å². The number of nitrogens with zero attached hydrogens (tertiary/aromatic N) is 1. The molecule has 9 aromatic carbocycles. The molecular formula is C57H43N. The molecule has 0 aromatic heterocycles. The van der Waals surface area contributed by atoms with Gasteiger partial charge in [0.1, 0.15) is 0 Å². The van der Waals surface area contributed by atoms with Crippen LogP contribution in [-0.2, 0) is 5.41 Å². The average Bonchev–Trinajstić information content (AvgIpc) is 3.52. The lowest BCUT2D eigenvalue weighted by molar-refractivity contribution is 0.660. The van der Waals surface area contributed by atoms with Gasteiger partial charge in [0.05, 0.1) is 5.69 Å². The van der Waals surface area contributed by atoms with Crippen LogP contribution in [0.5, 0.6) is 0 Å². The molecule has 0 fully saturated rings. The largest absolute Gasteiger partial charge is 0.310 e. The Morgan fingerprint density at radius 1 is 0.276 bits per heavy atom. The monoisotopic (exact) mass is 741 g/mol. The fourth-order valence-electron chi connectivity index (χ4n) is 8.88. The fraction of sp³-hybridized carbons (Fsp3) is 0.0526. The van der Waals surface area contributed by atoms with E-state index in [1.807, 2.05) is 0 Å². The fourth-order valence-corrected chi connectivity index (χ4v) is 8.88. The van der Waals surface area contributed by atoms with Gasteiger partial charge in [-0.2, -0.15) is 0 Å². The summed E-state index contributed by atoms with van der Waals surface area (Å²) < 4.78 is 0. The summed E-state index contributed by atoms with van der Waals surface area (Å²) in [7, 11) is 0. The molecule has 0 spiro atoms. The van der Waals surface area contributed by atoms with Gasteiger partial charge < -0.3 is 4.90 Å². The third kappa shape index (κ3) is 6.32. The molecule has 0 N–H and O–H groups in total. The van der Waals surface area contributed by atoms with Crippen LogP contribution in [0.3, 0.4) is 0 Å². The zero-order valence-electron chi connectivity index (χ0n) is 32.8. The second kappa shape index (κ2) is 14.7. The molecule has 0 saturated heterocycles. The molecule has 0 atom stereocenters. The highest BCUT2D eigenvalue weighted by Crippen LogP contribution is 2.52. The predicted octanol–water partition coefficient (Wildman–Crippen LogP) is 15.8. The van der Waals surface area contributed by atoms with Crippen molar-refractivity contribution in [1.82, 2.24) is 0 Å². The van der Waals surface area contributed by atoms with Crippen molar-refractivity contribution in [2.75, 3.05) is 4.90 Å². The van der Waals surface area contributed by atoms with E-state index in [1.165, 1.54) is 77.9 Å². The molecule has 1 aliphatic rings. The number of hydrogen-bond acceptors (Lipinski definition) is 1. The standard InChI is InChI=1S/C57H43N/c1-57(2)54-38-46(50-23-13-12-22-49(50)44-20-10-5-11-21-44)32-36-52(54)53-37-35-48(39-55(53)57)58(47-33-30-43(31-34-47)41-18-8-4-9-19-41)56-25-15-14-24-51(56)45-28-26-42(27-29-45)40-16-6-3-7-17-40/h3-39H,1-2H3. The van der Waals surface area contributed by atoms with Crippen LogP contribution >= 0.6 is 0 Å². The Bertz CT molecular complexity index is 2870. The number of fused-ring (bicyclic) bond motifs is 3. The van der Waals surface area contributed by atoms with Crippen molar-refractivity contribution in [3.8, 4) is 66.8 Å². The summed E-state index contributed by atoms with van der Waals surface area (Å²) in [5.74, 6) is 0. The second-order valence-electron chi connectivity index (χ2n) is 15.7. The third-order valence-corrected chi connectivity index (χ3v) is 11.9. The molecule has 9 aromatic rings. The van der Waals surface area contributed by atoms with E-state index in [1.54, 1.807) is 0 Å². The minimum absolute atomic E-state index is 0.214. The van der Waals surface area contributed by atoms with Gasteiger partial charge in [0.25, 0.3) is 0 Å². The van der Waals surface area contributed by atoms with E-state index < -0.39 is 0 Å². The van der Waals surface area contributed by atoms with Gasteiger partial charge in [-0.1, -0.05) is 202 Å². The zero-order chi connectivity index (χ0) is 39.1. The number of anilines is 3. The highest BCUT2D eigenvalue weighted by atomic mass is 15.1. The molecule has 1 nitrogen and oxygen atoms in total. The molecule has 0 heterocycles. The van der Waals surface area contributed by atoms with Gasteiger partial charge in [-0.15, -0.1) is 0 Å². The summed E-state index contributed by atoms with van der Waals surface area (Å²) in [6, 6.07) is 81.7. The first-order valence-corrected chi connectivity index (χ1v) is 20.2. The van der Waals surface area contributed by atoms with Gasteiger partial charge in [-0.3, -0.25) is 0 Å². The van der Waals surface area contributed by atoms with E-state index in [0.717, 1.165) is 17.1 Å². The molecule has 10 rings (SSSR count). The van der Waals surface area contributed by atoms with E-state index in [0.29, 0.717) is 0 Å². The average molecular weight is 742 g/mol. The smallest absolute Gasteiger partial charge is 0.0540 e. The maximum Gasteiger partial charge on any atom is 0.0540 e. The molecule has 276 valence electrons. The van der Waals surface area contributed by atoms with Crippen LogP contribution in [0, 0.1) is 0 Å². The predicted molar refractivity (Wildman–Crippen MR) is 246 cm³/mol. The van der Waals surface area contributed by atoms with Gasteiger partial charge in [-0.05, 0) is 109 Å². The lowest BCUT2D eigenvalue weighted by atomic mass is 9.81. The molecule has 0 saturated carbocycles. The third-order valence-electron chi connectivity index (χ3n) is 11.9. The van der Waals surface area contributed by atoms with Crippen molar-refractivity contribution in [3.05, 3.63) is 236 Å². The van der Waals surface area contributed by atoms with Crippen LogP contribution in [0.25, 0.3) is 66.8 Å². The Labute approximate surface area is 342 Å². The van der Waals surface area contributed by atoms with Crippen LogP contribution in [-0.4, -0.2) is 0 Å². The van der Waals surface area contributed by atoms with Crippen LogP contribution in [0.15, 0.2) is 224 Å². The maximum absolute atomic E-state index is 2.44. The van der Waals surface area contributed by atoms with Crippen molar-refractivity contribution in [2.45, 2.75) is 19.3 Å². The highest BCUT2D eigenvalue weighted by Gasteiger charge is 2.36. The van der Waals surface area contributed by atoms with E-state index in [4.69, 9.17) is 0 Å². The minimum Gasteiger partial charge on any atom is -0.310 e. The van der Waals surface area contributed by atoms with Gasteiger partial charge in [0.2, 0.25) is 0 Å². The Balaban J connectivity index is 1.08. The number of para-hydroxylation sites is 1. The molecule has 0 bridgehead atoms. The van der Waals surface area contributed by atoms with Crippen molar-refractivity contribution >= 4 is 17.1 Å². The summed E-state index contributed by atoms with van der Waals surface area (Å²) in [5.41, 5.74) is 20.6. The minimum atomic E-state index is -0.214. The molecule has 0 aliphatic heterocycles. The van der Waals surface area contributed by atoms with Crippen molar-refractivity contribution in [2.24, 2.45) is 0 Å². The van der Waals surface area contributed by atoms with Crippen LogP contribution in [0.1, 0.15) is 25.0 Å². The summed E-state index contributed by atoms with van der Waals surface area (Å²) in [4.78, 5) is 2.44. The summed E-state index contributed by atoms with van der Waals surface area (Å²) in [6.45, 7) is 4.77. The van der Waals surface area contributed by atoms with Crippen molar-refractivity contribution in [1.29, 1.82) is 0 Å². The van der Waals surface area contributed by atoms with E-state index >= 15 is 0 Å². The van der Waals surface area contributed by atoms with E-state index in [-0.39, 0.29) is 5.41 Å². The van der Waals surface area contributed by atoms with Crippen LogP contribution in [0.4, 0.5) is 17.1 Å². The first kappa shape index (κ1) is 35.2. The SMILES string of the molecule is CC1(C)c2cc(-c3ccccc3-c3ccccc3)ccc2-c2ccc(N(c3ccc(-c4ccccc4)cc3)c3ccccc3-c3ccc(-c4ccccc4)cc3)cc21. The molecule has 0 amide bonds. The first-order valence-electron chi connectivity index (χ1n) is 20.2. The number of rotatable bonds is 8. The highest BCUT2D eigenvalue weighted by molar-refractivity contribution is 5.92. The lowest BCUT2D eigenvalue weighted by Crippen LogP contribution is -2.17. The molecule has 1 aliphatic carbocycles. The molecule has 1 heteroatoms. The first-order chi connectivity index (χ1) is 28.5. The normalized spacial score (nSPS) is 12.4. The summed E-state index contributed by atoms with van der Waals surface area (Å²) in [5, 5.41) is 0. The Kier molecular flexibility index (Phi) is 8.92. The van der Waals surface area contributed by atoms with Crippen LogP contribution in [0.2, 0.25) is 0 Å². The zero-order valence-corrected chi connectivity index (χ0v) is 32.8. The molecule has 0 unspecified atom stereocenters. The van der Waals surface area contributed by atoms with Crippen molar-refractivity contribution < 1.29 is 0 Å². The van der Waals surface area contributed by atoms with Gasteiger partial charge >= 0.3 is 0 Å². The summed E-state index contributed by atoms with van der Waals surface area (Å²) in [6.07, 6.45) is 0. The maximum atomic E-state index is 2.44. The van der Waals surface area contributed by atoms with Gasteiger partial charge in [0, 0.05) is 22.4 Å². The van der Waals surface area contributed by atoms with Gasteiger partial charge in [-0.25, -0.2) is 0 Å². The van der Waals surface area contributed by atoms with Gasteiger partial charge in [0.15, 0.2) is 0 Å². The van der Waals surface area contributed by atoms with Crippen LogP contribution < -0.4 is 4.90 Å². The van der Waals surface area contributed by atoms with E-state index in [2.05, 4.69) is 243 Å². The van der Waals surface area contributed by atoms with Crippen molar-refractivity contribution in [3.63, 3.8) is 0 Å². The number of hydrogen-bond donors (Lipinski definition) is 0. The second-order valence-corrected chi connectivity index (χ2v) is 15.7. The molecule has 58 heavy (non-hydrogen) atoms. The molecule has 0 radical (unpaired) electrons. The quantitative estimate of drug-likeness (QED) is 0.150. The Morgan fingerprint density at radius 2 is 0.655 bits per heavy atom. The topological polar surface area (TPSA) is 3.24 Å². The number of benzene rings is 9. The molecular weight excluding hydrogens is 699 g/mol. The Morgan fingerprint density at radius 3 is 1.26 bits per heavy atom. The summed E-state index contributed by atoms with van der Waals surface area (Å²) >= 11 is 0. The lowest BCUT2D eigenvalue weighted by Gasteiger charge is -2.30. The Hall–Kier alpha value is -7.22.